The van der Waals surface area contributed by atoms with E-state index >= 15 is 0 Å². The van der Waals surface area contributed by atoms with Gasteiger partial charge in [-0.1, -0.05) is 29.4 Å². The topological polar surface area (TPSA) is 61.6 Å². The fraction of sp³-hybridized carbons (Fsp3) is 0.474. The summed E-state index contributed by atoms with van der Waals surface area (Å²) in [5, 5.41) is 6.93. The van der Waals surface area contributed by atoms with Crippen LogP contribution in [0.25, 0.3) is 0 Å². The Bertz CT molecular complexity index is 721. The first-order chi connectivity index (χ1) is 12.0. The summed E-state index contributed by atoms with van der Waals surface area (Å²) in [6, 6.07) is 8.52. The van der Waals surface area contributed by atoms with Gasteiger partial charge >= 0.3 is 6.03 Å². The molecule has 134 valence electrons. The molecule has 3 rings (SSSR count). The molecule has 0 spiro atoms. The lowest BCUT2D eigenvalue weighted by molar-refractivity contribution is 0.201. The number of hydrogen-bond acceptors (Lipinski definition) is 4. The number of amides is 2. The fourth-order valence-corrected chi connectivity index (χ4v) is 3.24. The molecule has 0 unspecified atom stereocenters. The first-order valence-corrected chi connectivity index (χ1v) is 8.74. The zero-order chi connectivity index (χ0) is 17.8. The molecule has 2 amide bonds. The van der Waals surface area contributed by atoms with Crippen LogP contribution in [0.4, 0.5) is 4.79 Å². The van der Waals surface area contributed by atoms with Crippen LogP contribution in [0.5, 0.6) is 0 Å². The van der Waals surface area contributed by atoms with E-state index in [0.717, 1.165) is 43.1 Å². The molecule has 0 saturated carbocycles. The second kappa shape index (κ2) is 7.70. The molecule has 2 aromatic rings. The van der Waals surface area contributed by atoms with Gasteiger partial charge in [-0.15, -0.1) is 0 Å². The van der Waals surface area contributed by atoms with E-state index in [-0.39, 0.29) is 6.03 Å². The number of nitrogens with zero attached hydrogens (tertiary/aromatic N) is 3. The number of rotatable bonds is 5. The number of carbonyl (C=O) groups is 1. The summed E-state index contributed by atoms with van der Waals surface area (Å²) in [5.74, 6) is 0.768. The van der Waals surface area contributed by atoms with E-state index in [1.165, 1.54) is 11.1 Å². The average Bonchev–Trinajstić information content (AvgIpc) is 2.93. The third kappa shape index (κ3) is 4.20. The van der Waals surface area contributed by atoms with Crippen LogP contribution in [0.3, 0.4) is 0 Å². The molecular formula is C19H26N4O2. The Morgan fingerprint density at radius 3 is 2.80 bits per heavy atom. The second-order valence-electron chi connectivity index (χ2n) is 6.69. The molecule has 1 aliphatic heterocycles. The van der Waals surface area contributed by atoms with Crippen molar-refractivity contribution in [3.05, 3.63) is 52.4 Å². The Hall–Kier alpha value is -2.34. The Labute approximate surface area is 148 Å². The van der Waals surface area contributed by atoms with Crippen molar-refractivity contribution in [3.63, 3.8) is 0 Å². The molecule has 0 atom stereocenters. The highest BCUT2D eigenvalue weighted by Gasteiger charge is 2.17. The summed E-state index contributed by atoms with van der Waals surface area (Å²) in [6.45, 7) is 7.78. The zero-order valence-corrected chi connectivity index (χ0v) is 15.2. The lowest BCUT2D eigenvalue weighted by atomic mass is 10.00. The van der Waals surface area contributed by atoms with Crippen molar-refractivity contribution in [1.29, 1.82) is 0 Å². The predicted octanol–water partition coefficient (Wildman–Crippen LogP) is 2.49. The highest BCUT2D eigenvalue weighted by atomic mass is 16.5. The minimum Gasteiger partial charge on any atom is -0.361 e. The van der Waals surface area contributed by atoms with Crippen LogP contribution in [0.15, 0.2) is 28.8 Å². The first-order valence-electron chi connectivity index (χ1n) is 8.74. The van der Waals surface area contributed by atoms with Gasteiger partial charge in [0, 0.05) is 38.8 Å². The molecule has 2 heterocycles. The minimum absolute atomic E-state index is 0.0718. The average molecular weight is 342 g/mol. The molecule has 0 bridgehead atoms. The van der Waals surface area contributed by atoms with Crippen LogP contribution >= 0.6 is 0 Å². The van der Waals surface area contributed by atoms with Gasteiger partial charge < -0.3 is 14.7 Å². The summed E-state index contributed by atoms with van der Waals surface area (Å²) < 4.78 is 5.15. The maximum Gasteiger partial charge on any atom is 0.317 e. The standard InChI is InChI=1S/C19H26N4O2/c1-14-18(15(2)25-21-14)13-22(3)19(24)20-9-11-23-10-8-16-6-4-5-7-17(16)12-23/h4-7H,8-13H2,1-3H3,(H,20,24). The van der Waals surface area contributed by atoms with Crippen molar-refractivity contribution in [2.45, 2.75) is 33.4 Å². The molecule has 1 aromatic carbocycles. The Kier molecular flexibility index (Phi) is 5.38. The third-order valence-electron chi connectivity index (χ3n) is 4.84. The van der Waals surface area contributed by atoms with Gasteiger partial charge in [-0.2, -0.15) is 0 Å². The third-order valence-corrected chi connectivity index (χ3v) is 4.84. The minimum atomic E-state index is -0.0718. The lowest BCUT2D eigenvalue weighted by Gasteiger charge is -2.29. The normalized spacial score (nSPS) is 14.2. The van der Waals surface area contributed by atoms with Crippen molar-refractivity contribution >= 4 is 6.03 Å². The van der Waals surface area contributed by atoms with E-state index in [4.69, 9.17) is 4.52 Å². The maximum atomic E-state index is 12.3. The van der Waals surface area contributed by atoms with Crippen LogP contribution in [0.2, 0.25) is 0 Å². The number of hydrogen-bond donors (Lipinski definition) is 1. The molecule has 0 saturated heterocycles. The lowest BCUT2D eigenvalue weighted by Crippen LogP contribution is -2.42. The van der Waals surface area contributed by atoms with Gasteiger partial charge in [0.05, 0.1) is 12.2 Å². The van der Waals surface area contributed by atoms with E-state index in [1.807, 2.05) is 13.8 Å². The Balaban J connectivity index is 1.44. The predicted molar refractivity (Wildman–Crippen MR) is 96.3 cm³/mol. The van der Waals surface area contributed by atoms with E-state index in [9.17, 15) is 4.79 Å². The number of aryl methyl sites for hydroxylation is 2. The van der Waals surface area contributed by atoms with Crippen molar-refractivity contribution in [1.82, 2.24) is 20.3 Å². The molecule has 6 nitrogen and oxygen atoms in total. The van der Waals surface area contributed by atoms with Crippen molar-refractivity contribution in [2.75, 3.05) is 26.7 Å². The molecule has 0 radical (unpaired) electrons. The van der Waals surface area contributed by atoms with Crippen LogP contribution in [-0.4, -0.2) is 47.7 Å². The highest BCUT2D eigenvalue weighted by molar-refractivity contribution is 5.73. The van der Waals surface area contributed by atoms with E-state index in [2.05, 4.69) is 39.6 Å². The molecule has 1 N–H and O–H groups in total. The quantitative estimate of drug-likeness (QED) is 0.907. The number of benzene rings is 1. The largest absolute Gasteiger partial charge is 0.361 e. The van der Waals surface area contributed by atoms with Gasteiger partial charge in [-0.05, 0) is 31.4 Å². The molecule has 0 aliphatic carbocycles. The van der Waals surface area contributed by atoms with Crippen LogP contribution in [-0.2, 0) is 19.5 Å². The second-order valence-corrected chi connectivity index (χ2v) is 6.69. The molecule has 25 heavy (non-hydrogen) atoms. The summed E-state index contributed by atoms with van der Waals surface area (Å²) in [5.41, 5.74) is 4.66. The molecule has 6 heteroatoms. The number of aromatic nitrogens is 1. The van der Waals surface area contributed by atoms with Crippen LogP contribution in [0.1, 0.15) is 28.1 Å². The number of nitrogens with one attached hydrogen (secondary N) is 1. The smallest absolute Gasteiger partial charge is 0.317 e. The number of fused-ring (bicyclic) bond motifs is 1. The monoisotopic (exact) mass is 342 g/mol. The number of urea groups is 1. The highest BCUT2D eigenvalue weighted by Crippen LogP contribution is 2.18. The Morgan fingerprint density at radius 1 is 1.32 bits per heavy atom. The van der Waals surface area contributed by atoms with E-state index in [0.29, 0.717) is 13.1 Å². The van der Waals surface area contributed by atoms with Crippen molar-refractivity contribution in [2.24, 2.45) is 0 Å². The van der Waals surface area contributed by atoms with Gasteiger partial charge in [0.2, 0.25) is 0 Å². The summed E-state index contributed by atoms with van der Waals surface area (Å²) >= 11 is 0. The molecule has 0 fully saturated rings. The zero-order valence-electron chi connectivity index (χ0n) is 15.2. The van der Waals surface area contributed by atoms with E-state index in [1.54, 1.807) is 11.9 Å². The summed E-state index contributed by atoms with van der Waals surface area (Å²) in [6.07, 6.45) is 1.08. The molecule has 1 aliphatic rings. The van der Waals surface area contributed by atoms with Gasteiger partial charge in [0.1, 0.15) is 5.76 Å². The van der Waals surface area contributed by atoms with Crippen molar-refractivity contribution < 1.29 is 9.32 Å². The summed E-state index contributed by atoms with van der Waals surface area (Å²) in [7, 11) is 1.79. The van der Waals surface area contributed by atoms with Gasteiger partial charge in [0.15, 0.2) is 0 Å². The van der Waals surface area contributed by atoms with Gasteiger partial charge in [0.25, 0.3) is 0 Å². The molecular weight excluding hydrogens is 316 g/mol. The van der Waals surface area contributed by atoms with Crippen molar-refractivity contribution in [3.8, 4) is 0 Å². The summed E-state index contributed by atoms with van der Waals surface area (Å²) in [4.78, 5) is 16.3. The maximum absolute atomic E-state index is 12.3. The van der Waals surface area contributed by atoms with Crippen LogP contribution in [0, 0.1) is 13.8 Å². The molecule has 1 aromatic heterocycles. The SMILES string of the molecule is Cc1noc(C)c1CN(C)C(=O)NCCN1CCc2ccccc2C1. The Morgan fingerprint density at radius 2 is 2.08 bits per heavy atom. The van der Waals surface area contributed by atoms with E-state index < -0.39 is 0 Å². The van der Waals surface area contributed by atoms with Gasteiger partial charge in [-0.25, -0.2) is 4.79 Å². The van der Waals surface area contributed by atoms with Crippen LogP contribution < -0.4 is 5.32 Å². The van der Waals surface area contributed by atoms with Gasteiger partial charge in [-0.3, -0.25) is 4.90 Å². The number of carbonyl (C=O) groups excluding carboxylic acids is 1. The first kappa shape index (κ1) is 17.5. The fourth-order valence-electron chi connectivity index (χ4n) is 3.24.